The third kappa shape index (κ3) is 5.18. The van der Waals surface area contributed by atoms with E-state index in [1.165, 1.54) is 6.07 Å². The van der Waals surface area contributed by atoms with Crippen LogP contribution in [0.5, 0.6) is 5.75 Å². The zero-order chi connectivity index (χ0) is 14.1. The zero-order valence-corrected chi connectivity index (χ0v) is 11.4. The molecule has 0 aliphatic heterocycles. The molecule has 0 aliphatic carbocycles. The molecule has 0 radical (unpaired) electrons. The summed E-state index contributed by atoms with van der Waals surface area (Å²) in [7, 11) is 1.55. The summed E-state index contributed by atoms with van der Waals surface area (Å²) in [6.45, 7) is 3.96. The molecule has 106 valence electrons. The lowest BCUT2D eigenvalue weighted by molar-refractivity contribution is 0.0697. The van der Waals surface area contributed by atoms with E-state index in [4.69, 9.17) is 14.6 Å². The number of methoxy groups -OCH3 is 1. The van der Waals surface area contributed by atoms with Gasteiger partial charge < -0.3 is 19.9 Å². The number of carboxylic acid groups (broad SMARTS) is 1. The highest BCUT2D eigenvalue weighted by Crippen LogP contribution is 2.22. The Morgan fingerprint density at radius 3 is 2.79 bits per heavy atom. The fourth-order valence-corrected chi connectivity index (χ4v) is 1.59. The molecule has 0 aromatic heterocycles. The number of ether oxygens (including phenoxy) is 2. The van der Waals surface area contributed by atoms with Gasteiger partial charge in [-0.25, -0.2) is 4.79 Å². The first-order valence-corrected chi connectivity index (χ1v) is 6.42. The fraction of sp³-hybridized carbons (Fsp3) is 0.500. The highest BCUT2D eigenvalue weighted by atomic mass is 16.5. The Morgan fingerprint density at radius 1 is 1.37 bits per heavy atom. The molecule has 0 aliphatic rings. The number of aromatic carboxylic acids is 1. The summed E-state index contributed by atoms with van der Waals surface area (Å²) in [4.78, 5) is 11.1. The first-order chi connectivity index (χ1) is 9.19. The summed E-state index contributed by atoms with van der Waals surface area (Å²) >= 11 is 0. The van der Waals surface area contributed by atoms with Crippen LogP contribution in [0.25, 0.3) is 0 Å². The van der Waals surface area contributed by atoms with Crippen molar-refractivity contribution in [3.8, 4) is 5.75 Å². The van der Waals surface area contributed by atoms with Crippen LogP contribution in [0.4, 0.5) is 5.69 Å². The topological polar surface area (TPSA) is 67.8 Å². The van der Waals surface area contributed by atoms with Crippen molar-refractivity contribution in [2.45, 2.75) is 19.8 Å². The van der Waals surface area contributed by atoms with Crippen molar-refractivity contribution < 1.29 is 19.4 Å². The molecular formula is C14H21NO4. The molecule has 0 atom stereocenters. The van der Waals surface area contributed by atoms with Gasteiger partial charge in [0.1, 0.15) is 5.75 Å². The Bertz CT molecular complexity index is 406. The van der Waals surface area contributed by atoms with Crippen LogP contribution < -0.4 is 10.1 Å². The van der Waals surface area contributed by atoms with Gasteiger partial charge in [-0.15, -0.1) is 0 Å². The van der Waals surface area contributed by atoms with Crippen molar-refractivity contribution >= 4 is 11.7 Å². The average molecular weight is 267 g/mol. The molecule has 1 aromatic carbocycles. The molecule has 0 saturated heterocycles. The molecule has 0 fully saturated rings. The highest BCUT2D eigenvalue weighted by molar-refractivity contribution is 5.94. The van der Waals surface area contributed by atoms with E-state index >= 15 is 0 Å². The smallest absolute Gasteiger partial charge is 0.337 e. The summed E-state index contributed by atoms with van der Waals surface area (Å²) in [5.74, 6) is -0.337. The van der Waals surface area contributed by atoms with Crippen molar-refractivity contribution in [1.29, 1.82) is 0 Å². The Labute approximate surface area is 113 Å². The van der Waals surface area contributed by atoms with E-state index in [9.17, 15) is 4.79 Å². The molecule has 1 aromatic rings. The molecular weight excluding hydrogens is 246 g/mol. The minimum atomic E-state index is -0.961. The number of rotatable bonds is 9. The van der Waals surface area contributed by atoms with E-state index in [2.05, 4.69) is 12.2 Å². The van der Waals surface area contributed by atoms with Crippen LogP contribution in [0, 0.1) is 0 Å². The lowest BCUT2D eigenvalue weighted by Crippen LogP contribution is -2.13. The Hall–Kier alpha value is -1.75. The second-order valence-electron chi connectivity index (χ2n) is 4.11. The van der Waals surface area contributed by atoms with E-state index in [1.54, 1.807) is 19.2 Å². The predicted octanol–water partition coefficient (Wildman–Crippen LogP) is 2.62. The lowest BCUT2D eigenvalue weighted by atomic mass is 10.1. The second kappa shape index (κ2) is 8.37. The number of hydrogen-bond acceptors (Lipinski definition) is 4. The monoisotopic (exact) mass is 267 g/mol. The van der Waals surface area contributed by atoms with Crippen LogP contribution in [0.3, 0.4) is 0 Å². The summed E-state index contributed by atoms with van der Waals surface area (Å²) in [6.07, 6.45) is 2.14. The number of carbonyl (C=O) groups is 1. The van der Waals surface area contributed by atoms with Crippen LogP contribution in [-0.2, 0) is 4.74 Å². The summed E-state index contributed by atoms with van der Waals surface area (Å²) in [5, 5.41) is 12.2. The van der Waals surface area contributed by atoms with E-state index in [1.807, 2.05) is 0 Å². The normalized spacial score (nSPS) is 10.2. The standard InChI is InChI=1S/C14H21NO4/c1-3-4-8-19-9-7-15-13-10-11(18-2)5-6-12(13)14(16)17/h5-6,10,15H,3-4,7-9H2,1-2H3,(H,16,17). The molecule has 5 heteroatoms. The van der Waals surface area contributed by atoms with E-state index < -0.39 is 5.97 Å². The molecule has 5 nitrogen and oxygen atoms in total. The SMILES string of the molecule is CCCCOCCNc1cc(OC)ccc1C(=O)O. The molecule has 2 N–H and O–H groups in total. The van der Waals surface area contributed by atoms with Crippen molar-refractivity contribution in [2.75, 3.05) is 32.2 Å². The number of benzene rings is 1. The summed E-state index contributed by atoms with van der Waals surface area (Å²) in [5.41, 5.74) is 0.778. The first-order valence-electron chi connectivity index (χ1n) is 6.42. The van der Waals surface area contributed by atoms with Crippen LogP contribution in [0.2, 0.25) is 0 Å². The van der Waals surface area contributed by atoms with E-state index in [-0.39, 0.29) is 5.56 Å². The van der Waals surface area contributed by atoms with Crippen molar-refractivity contribution in [1.82, 2.24) is 0 Å². The minimum absolute atomic E-state index is 0.231. The molecule has 0 unspecified atom stereocenters. The van der Waals surface area contributed by atoms with E-state index in [0.717, 1.165) is 19.4 Å². The molecule has 19 heavy (non-hydrogen) atoms. The van der Waals surface area contributed by atoms with Gasteiger partial charge in [0.15, 0.2) is 0 Å². The lowest BCUT2D eigenvalue weighted by Gasteiger charge is -2.11. The molecule has 0 spiro atoms. The largest absolute Gasteiger partial charge is 0.497 e. The van der Waals surface area contributed by atoms with Gasteiger partial charge >= 0.3 is 5.97 Å². The van der Waals surface area contributed by atoms with E-state index in [0.29, 0.717) is 24.6 Å². The van der Waals surface area contributed by atoms with Gasteiger partial charge in [-0.1, -0.05) is 13.3 Å². The summed E-state index contributed by atoms with van der Waals surface area (Å²) in [6, 6.07) is 4.84. The quantitative estimate of drug-likeness (QED) is 0.673. The zero-order valence-electron chi connectivity index (χ0n) is 11.4. The first kappa shape index (κ1) is 15.3. The van der Waals surface area contributed by atoms with Gasteiger partial charge in [0.25, 0.3) is 0 Å². The third-order valence-corrected chi connectivity index (χ3v) is 2.66. The van der Waals surface area contributed by atoms with Gasteiger partial charge in [0.2, 0.25) is 0 Å². The van der Waals surface area contributed by atoms with Crippen molar-refractivity contribution in [3.63, 3.8) is 0 Å². The van der Waals surface area contributed by atoms with Crippen LogP contribution >= 0.6 is 0 Å². The minimum Gasteiger partial charge on any atom is -0.497 e. The average Bonchev–Trinajstić information content (AvgIpc) is 2.42. The highest BCUT2D eigenvalue weighted by Gasteiger charge is 2.10. The molecule has 0 amide bonds. The van der Waals surface area contributed by atoms with Crippen LogP contribution in [0.1, 0.15) is 30.1 Å². The Kier molecular flexibility index (Phi) is 6.74. The molecule has 0 bridgehead atoms. The number of anilines is 1. The third-order valence-electron chi connectivity index (χ3n) is 2.66. The maximum absolute atomic E-state index is 11.1. The second-order valence-corrected chi connectivity index (χ2v) is 4.11. The molecule has 0 heterocycles. The maximum atomic E-state index is 11.1. The number of hydrogen-bond donors (Lipinski definition) is 2. The molecule has 1 rings (SSSR count). The van der Waals surface area contributed by atoms with Gasteiger partial charge in [0, 0.05) is 19.2 Å². The van der Waals surface area contributed by atoms with Gasteiger partial charge in [0.05, 0.1) is 25.0 Å². The Balaban J connectivity index is 2.52. The number of carboxylic acids is 1. The summed E-state index contributed by atoms with van der Waals surface area (Å²) < 4.78 is 10.5. The van der Waals surface area contributed by atoms with Crippen molar-refractivity contribution in [3.05, 3.63) is 23.8 Å². The van der Waals surface area contributed by atoms with Gasteiger partial charge in [-0.05, 0) is 18.6 Å². The fourth-order valence-electron chi connectivity index (χ4n) is 1.59. The number of unbranched alkanes of at least 4 members (excludes halogenated alkanes) is 1. The maximum Gasteiger partial charge on any atom is 0.337 e. The number of nitrogens with one attached hydrogen (secondary N) is 1. The molecule has 0 saturated carbocycles. The van der Waals surface area contributed by atoms with Gasteiger partial charge in [-0.2, -0.15) is 0 Å². The predicted molar refractivity (Wildman–Crippen MR) is 74.2 cm³/mol. The van der Waals surface area contributed by atoms with Crippen LogP contribution in [-0.4, -0.2) is 37.9 Å². The van der Waals surface area contributed by atoms with Crippen LogP contribution in [0.15, 0.2) is 18.2 Å². The Morgan fingerprint density at radius 2 is 2.16 bits per heavy atom. The van der Waals surface area contributed by atoms with Gasteiger partial charge in [-0.3, -0.25) is 0 Å². The van der Waals surface area contributed by atoms with Crippen molar-refractivity contribution in [2.24, 2.45) is 0 Å².